The van der Waals surface area contributed by atoms with Crippen molar-refractivity contribution in [1.29, 1.82) is 0 Å². The normalized spacial score (nSPS) is 25.5. The Bertz CT molecular complexity index is 386. The minimum Gasteiger partial charge on any atom is -0.406 e. The van der Waals surface area contributed by atoms with Gasteiger partial charge in [-0.05, 0) is 42.9 Å². The molecule has 2 nitrogen and oxygen atoms in total. The molecular formula is C12H14F3NO. The molecule has 0 saturated heterocycles. The van der Waals surface area contributed by atoms with Crippen molar-refractivity contribution in [2.45, 2.75) is 31.7 Å². The molecule has 0 heterocycles. The molecule has 1 aromatic rings. The van der Waals surface area contributed by atoms with Crippen LogP contribution in [0.25, 0.3) is 0 Å². The van der Waals surface area contributed by atoms with Gasteiger partial charge in [-0.25, -0.2) is 0 Å². The predicted molar refractivity (Wildman–Crippen MR) is 57.6 cm³/mol. The van der Waals surface area contributed by atoms with Gasteiger partial charge in [0, 0.05) is 6.04 Å². The quantitative estimate of drug-likeness (QED) is 0.888. The van der Waals surface area contributed by atoms with E-state index in [0.717, 1.165) is 12.0 Å². The maximum atomic E-state index is 11.9. The molecule has 2 N–H and O–H groups in total. The van der Waals surface area contributed by atoms with Gasteiger partial charge >= 0.3 is 6.36 Å². The number of benzene rings is 1. The summed E-state index contributed by atoms with van der Waals surface area (Å²) in [6.45, 7) is 1.95. The number of ether oxygens (including phenoxy) is 1. The molecule has 2 rings (SSSR count). The van der Waals surface area contributed by atoms with Crippen molar-refractivity contribution in [2.75, 3.05) is 0 Å². The molecule has 0 bridgehead atoms. The first-order chi connectivity index (χ1) is 7.87. The van der Waals surface area contributed by atoms with Crippen LogP contribution >= 0.6 is 0 Å². The second-order valence-electron chi connectivity index (χ2n) is 4.48. The highest BCUT2D eigenvalue weighted by molar-refractivity contribution is 5.33. The molecule has 1 aliphatic carbocycles. The molecule has 0 aliphatic heterocycles. The van der Waals surface area contributed by atoms with E-state index in [4.69, 9.17) is 5.73 Å². The Morgan fingerprint density at radius 2 is 1.88 bits per heavy atom. The van der Waals surface area contributed by atoms with Crippen molar-refractivity contribution in [1.82, 2.24) is 0 Å². The molecule has 1 saturated carbocycles. The van der Waals surface area contributed by atoms with Gasteiger partial charge in [0.15, 0.2) is 0 Å². The van der Waals surface area contributed by atoms with Crippen LogP contribution in [0.3, 0.4) is 0 Å². The standard InChI is InChI=1S/C12H14F3NO/c1-7(16)10-6-11(10)8-2-4-9(5-3-8)17-12(13,14)15/h2-5,7,10-11H,6,16H2,1H3/t7-,10+,11-/m0/s1. The third-order valence-electron chi connectivity index (χ3n) is 3.06. The molecule has 0 unspecified atom stereocenters. The van der Waals surface area contributed by atoms with Crippen molar-refractivity contribution >= 4 is 0 Å². The highest BCUT2D eigenvalue weighted by atomic mass is 19.4. The van der Waals surface area contributed by atoms with Crippen molar-refractivity contribution in [3.05, 3.63) is 29.8 Å². The van der Waals surface area contributed by atoms with Crippen LogP contribution in [0.15, 0.2) is 24.3 Å². The molecule has 17 heavy (non-hydrogen) atoms. The molecule has 1 fully saturated rings. The topological polar surface area (TPSA) is 35.2 Å². The van der Waals surface area contributed by atoms with Crippen LogP contribution in [0.1, 0.15) is 24.8 Å². The van der Waals surface area contributed by atoms with Gasteiger partial charge in [0.25, 0.3) is 0 Å². The van der Waals surface area contributed by atoms with E-state index in [1.54, 1.807) is 12.1 Å². The van der Waals surface area contributed by atoms with E-state index in [1.807, 2.05) is 6.92 Å². The molecule has 0 amide bonds. The van der Waals surface area contributed by atoms with Gasteiger partial charge in [-0.3, -0.25) is 0 Å². The fourth-order valence-corrected chi connectivity index (χ4v) is 2.10. The Labute approximate surface area is 97.6 Å². The molecule has 0 radical (unpaired) electrons. The number of hydrogen-bond donors (Lipinski definition) is 1. The lowest BCUT2D eigenvalue weighted by Crippen LogP contribution is -2.18. The first-order valence-electron chi connectivity index (χ1n) is 5.48. The van der Waals surface area contributed by atoms with Gasteiger partial charge in [-0.15, -0.1) is 13.2 Å². The summed E-state index contributed by atoms with van der Waals surface area (Å²) in [5.41, 5.74) is 6.79. The van der Waals surface area contributed by atoms with E-state index < -0.39 is 6.36 Å². The number of hydrogen-bond acceptors (Lipinski definition) is 2. The van der Waals surface area contributed by atoms with Gasteiger partial charge in [0.2, 0.25) is 0 Å². The molecule has 94 valence electrons. The summed E-state index contributed by atoms with van der Waals surface area (Å²) in [4.78, 5) is 0. The molecular weight excluding hydrogens is 231 g/mol. The molecule has 5 heteroatoms. The van der Waals surface area contributed by atoms with Crippen LogP contribution < -0.4 is 10.5 Å². The Hall–Kier alpha value is -1.23. The maximum absolute atomic E-state index is 11.9. The zero-order valence-corrected chi connectivity index (χ0v) is 9.37. The second kappa shape index (κ2) is 4.22. The van der Waals surface area contributed by atoms with Gasteiger partial charge in [-0.2, -0.15) is 0 Å². The number of halogens is 3. The largest absolute Gasteiger partial charge is 0.573 e. The highest BCUT2D eigenvalue weighted by Crippen LogP contribution is 2.49. The van der Waals surface area contributed by atoms with Gasteiger partial charge in [0.05, 0.1) is 0 Å². The SMILES string of the molecule is C[C@H](N)[C@H]1C[C@H]1c1ccc(OC(F)(F)F)cc1. The average molecular weight is 245 g/mol. The van der Waals surface area contributed by atoms with Crippen LogP contribution in [0.4, 0.5) is 13.2 Å². The van der Waals surface area contributed by atoms with Gasteiger partial charge in [0.1, 0.15) is 5.75 Å². The molecule has 0 spiro atoms. The van der Waals surface area contributed by atoms with Crippen molar-refractivity contribution in [3.8, 4) is 5.75 Å². The fraction of sp³-hybridized carbons (Fsp3) is 0.500. The summed E-state index contributed by atoms with van der Waals surface area (Å²) < 4.78 is 39.6. The Morgan fingerprint density at radius 1 is 1.29 bits per heavy atom. The van der Waals surface area contributed by atoms with Crippen molar-refractivity contribution < 1.29 is 17.9 Å². The fourth-order valence-electron chi connectivity index (χ4n) is 2.10. The van der Waals surface area contributed by atoms with Crippen LogP contribution in [0.2, 0.25) is 0 Å². The maximum Gasteiger partial charge on any atom is 0.573 e. The smallest absolute Gasteiger partial charge is 0.406 e. The van der Waals surface area contributed by atoms with E-state index in [1.165, 1.54) is 12.1 Å². The van der Waals surface area contributed by atoms with E-state index in [-0.39, 0.29) is 11.8 Å². The Balaban J connectivity index is 2.00. The third kappa shape index (κ3) is 3.12. The van der Waals surface area contributed by atoms with E-state index in [9.17, 15) is 13.2 Å². The lowest BCUT2D eigenvalue weighted by Gasteiger charge is -2.09. The second-order valence-corrected chi connectivity index (χ2v) is 4.48. The van der Waals surface area contributed by atoms with E-state index >= 15 is 0 Å². The summed E-state index contributed by atoms with van der Waals surface area (Å²) in [6, 6.07) is 6.17. The Kier molecular flexibility index (Phi) is 3.03. The first kappa shape index (κ1) is 12.2. The lowest BCUT2D eigenvalue weighted by atomic mass is 10.1. The van der Waals surface area contributed by atoms with Crippen molar-refractivity contribution in [2.24, 2.45) is 11.7 Å². The predicted octanol–water partition coefficient (Wildman–Crippen LogP) is 3.04. The van der Waals surface area contributed by atoms with E-state index in [0.29, 0.717) is 11.8 Å². The summed E-state index contributed by atoms with van der Waals surface area (Å²) >= 11 is 0. The third-order valence-corrected chi connectivity index (χ3v) is 3.06. The zero-order chi connectivity index (χ0) is 12.6. The van der Waals surface area contributed by atoms with Crippen LogP contribution in [-0.4, -0.2) is 12.4 Å². The monoisotopic (exact) mass is 245 g/mol. The van der Waals surface area contributed by atoms with Crippen molar-refractivity contribution in [3.63, 3.8) is 0 Å². The van der Waals surface area contributed by atoms with Crippen LogP contribution in [0.5, 0.6) is 5.75 Å². The molecule has 1 aromatic carbocycles. The van der Waals surface area contributed by atoms with Crippen LogP contribution in [-0.2, 0) is 0 Å². The van der Waals surface area contributed by atoms with Gasteiger partial charge in [-0.1, -0.05) is 12.1 Å². The summed E-state index contributed by atoms with van der Waals surface area (Å²) in [5.74, 6) is 0.651. The molecule has 1 aliphatic rings. The number of alkyl halides is 3. The minimum atomic E-state index is -4.63. The van der Waals surface area contributed by atoms with E-state index in [2.05, 4.69) is 4.74 Å². The Morgan fingerprint density at radius 3 is 2.29 bits per heavy atom. The minimum absolute atomic E-state index is 0.131. The van der Waals surface area contributed by atoms with Crippen LogP contribution in [0, 0.1) is 5.92 Å². The van der Waals surface area contributed by atoms with Gasteiger partial charge < -0.3 is 10.5 Å². The number of rotatable bonds is 3. The highest BCUT2D eigenvalue weighted by Gasteiger charge is 2.40. The summed E-state index contributed by atoms with van der Waals surface area (Å²) in [7, 11) is 0. The molecule has 0 aromatic heterocycles. The lowest BCUT2D eigenvalue weighted by molar-refractivity contribution is -0.274. The number of nitrogens with two attached hydrogens (primary N) is 1. The first-order valence-corrected chi connectivity index (χ1v) is 5.48. The average Bonchev–Trinajstić information content (AvgIpc) is 2.96. The summed E-state index contributed by atoms with van der Waals surface area (Å²) in [5, 5.41) is 0. The molecule has 3 atom stereocenters. The summed E-state index contributed by atoms with van der Waals surface area (Å²) in [6.07, 6.45) is -3.62. The zero-order valence-electron chi connectivity index (χ0n) is 9.37.